The molecule has 0 bridgehead atoms. The summed E-state index contributed by atoms with van der Waals surface area (Å²) in [4.78, 5) is 6.77. The van der Waals surface area contributed by atoms with Crippen LogP contribution in [0, 0.1) is 0 Å². The molecule has 0 saturated heterocycles. The van der Waals surface area contributed by atoms with E-state index < -0.39 is 0 Å². The summed E-state index contributed by atoms with van der Waals surface area (Å²) in [6, 6.07) is 2.08. The van der Waals surface area contributed by atoms with Crippen LogP contribution in [-0.2, 0) is 0 Å². The van der Waals surface area contributed by atoms with Crippen LogP contribution in [-0.4, -0.2) is 29.8 Å². The van der Waals surface area contributed by atoms with Crippen molar-refractivity contribution in [3.8, 4) is 11.3 Å². The zero-order chi connectivity index (χ0) is 12.1. The lowest BCUT2D eigenvalue weighted by molar-refractivity contribution is 0.302. The van der Waals surface area contributed by atoms with E-state index in [1.165, 1.54) is 5.56 Å². The van der Waals surface area contributed by atoms with Gasteiger partial charge in [0.15, 0.2) is 5.13 Å². The summed E-state index contributed by atoms with van der Waals surface area (Å²) in [5, 5.41) is 16.3. The van der Waals surface area contributed by atoms with Crippen LogP contribution < -0.4 is 4.90 Å². The fourth-order valence-corrected chi connectivity index (χ4v) is 3.18. The lowest BCUT2D eigenvalue weighted by atomic mass is 10.3. The Labute approximate surface area is 109 Å². The minimum Gasteiger partial charge on any atom is -0.395 e. The Bertz CT molecular complexity index is 433. The molecule has 0 fully saturated rings. The van der Waals surface area contributed by atoms with Crippen molar-refractivity contribution in [2.75, 3.05) is 24.6 Å². The lowest BCUT2D eigenvalue weighted by Crippen LogP contribution is -2.27. The van der Waals surface area contributed by atoms with E-state index in [1.54, 1.807) is 22.7 Å². The molecule has 17 heavy (non-hydrogen) atoms. The van der Waals surface area contributed by atoms with Crippen molar-refractivity contribution < 1.29 is 5.11 Å². The standard InChI is InChI=1S/C12H16N2OS2/c1-2-4-14(5-6-15)12-13-11(9-17-12)10-3-7-16-8-10/h3,7-9,15H,2,4-6H2,1H3. The van der Waals surface area contributed by atoms with Crippen molar-refractivity contribution in [2.45, 2.75) is 13.3 Å². The Kier molecular flexibility index (Phi) is 4.53. The van der Waals surface area contributed by atoms with Crippen molar-refractivity contribution in [1.82, 2.24) is 4.98 Å². The molecule has 0 aliphatic rings. The Hall–Kier alpha value is -0.910. The highest BCUT2D eigenvalue weighted by molar-refractivity contribution is 7.14. The molecule has 3 nitrogen and oxygen atoms in total. The minimum absolute atomic E-state index is 0.174. The second-order valence-corrected chi connectivity index (χ2v) is 5.35. The number of aliphatic hydroxyl groups is 1. The van der Waals surface area contributed by atoms with Crippen LogP contribution in [0.2, 0.25) is 0 Å². The maximum atomic E-state index is 9.05. The smallest absolute Gasteiger partial charge is 0.185 e. The Morgan fingerprint density at radius 2 is 2.24 bits per heavy atom. The van der Waals surface area contributed by atoms with Gasteiger partial charge in [-0.3, -0.25) is 0 Å². The number of thiophene rings is 1. The first-order valence-corrected chi connectivity index (χ1v) is 7.51. The monoisotopic (exact) mass is 268 g/mol. The predicted molar refractivity (Wildman–Crippen MR) is 75.0 cm³/mol. The van der Waals surface area contributed by atoms with E-state index in [0.29, 0.717) is 6.54 Å². The van der Waals surface area contributed by atoms with E-state index in [4.69, 9.17) is 5.11 Å². The van der Waals surface area contributed by atoms with Gasteiger partial charge in [0.05, 0.1) is 12.3 Å². The first kappa shape index (κ1) is 12.5. The van der Waals surface area contributed by atoms with Crippen LogP contribution in [0.4, 0.5) is 5.13 Å². The van der Waals surface area contributed by atoms with Gasteiger partial charge in [0.2, 0.25) is 0 Å². The summed E-state index contributed by atoms with van der Waals surface area (Å²) >= 11 is 3.33. The van der Waals surface area contributed by atoms with E-state index in [1.807, 2.05) is 0 Å². The van der Waals surface area contributed by atoms with Crippen LogP contribution in [0.15, 0.2) is 22.2 Å². The second-order valence-electron chi connectivity index (χ2n) is 3.74. The van der Waals surface area contributed by atoms with Crippen molar-refractivity contribution in [3.05, 3.63) is 22.2 Å². The molecule has 2 heterocycles. The van der Waals surface area contributed by atoms with Gasteiger partial charge in [-0.1, -0.05) is 6.92 Å². The van der Waals surface area contributed by atoms with Gasteiger partial charge >= 0.3 is 0 Å². The Morgan fingerprint density at radius 1 is 1.35 bits per heavy atom. The number of hydrogen-bond acceptors (Lipinski definition) is 5. The molecule has 2 rings (SSSR count). The molecule has 1 N–H and O–H groups in total. The molecular formula is C12H16N2OS2. The van der Waals surface area contributed by atoms with Gasteiger partial charge in [-0.15, -0.1) is 11.3 Å². The summed E-state index contributed by atoms with van der Waals surface area (Å²) in [5.41, 5.74) is 2.21. The van der Waals surface area contributed by atoms with Crippen LogP contribution in [0.5, 0.6) is 0 Å². The first-order chi connectivity index (χ1) is 8.35. The minimum atomic E-state index is 0.174. The molecule has 5 heteroatoms. The SMILES string of the molecule is CCCN(CCO)c1nc(-c2ccsc2)cs1. The van der Waals surface area contributed by atoms with Crippen molar-refractivity contribution in [1.29, 1.82) is 0 Å². The Balaban J connectivity index is 2.15. The fourth-order valence-electron chi connectivity index (χ4n) is 1.65. The van der Waals surface area contributed by atoms with Gasteiger partial charge in [-0.05, 0) is 17.9 Å². The van der Waals surface area contributed by atoms with Crippen LogP contribution in [0.25, 0.3) is 11.3 Å². The normalized spacial score (nSPS) is 10.7. The molecule has 0 aliphatic heterocycles. The number of rotatable bonds is 6. The third-order valence-electron chi connectivity index (χ3n) is 2.44. The molecule has 0 spiro atoms. The molecule has 0 aromatic carbocycles. The summed E-state index contributed by atoms with van der Waals surface area (Å²) in [7, 11) is 0. The molecule has 92 valence electrons. The Morgan fingerprint density at radius 3 is 2.88 bits per heavy atom. The maximum absolute atomic E-state index is 9.05. The molecule has 0 radical (unpaired) electrons. The summed E-state index contributed by atoms with van der Waals surface area (Å²) in [6.45, 7) is 3.91. The summed E-state index contributed by atoms with van der Waals surface area (Å²) < 4.78 is 0. The molecule has 0 atom stereocenters. The zero-order valence-corrected chi connectivity index (χ0v) is 11.4. The van der Waals surface area contributed by atoms with Gasteiger partial charge in [0.1, 0.15) is 0 Å². The van der Waals surface area contributed by atoms with E-state index in [0.717, 1.165) is 23.8 Å². The summed E-state index contributed by atoms with van der Waals surface area (Å²) in [6.07, 6.45) is 1.06. The van der Waals surface area contributed by atoms with E-state index >= 15 is 0 Å². The van der Waals surface area contributed by atoms with E-state index in [-0.39, 0.29) is 6.61 Å². The highest BCUT2D eigenvalue weighted by Crippen LogP contribution is 2.28. The van der Waals surface area contributed by atoms with Crippen molar-refractivity contribution >= 4 is 27.8 Å². The van der Waals surface area contributed by atoms with Crippen LogP contribution >= 0.6 is 22.7 Å². The molecule has 0 saturated carbocycles. The predicted octanol–water partition coefficient (Wildman–Crippen LogP) is 3.08. The maximum Gasteiger partial charge on any atom is 0.185 e. The third kappa shape index (κ3) is 3.06. The van der Waals surface area contributed by atoms with E-state index in [2.05, 4.69) is 39.0 Å². The molecule has 2 aromatic heterocycles. The van der Waals surface area contributed by atoms with Gasteiger partial charge < -0.3 is 10.0 Å². The number of aliphatic hydroxyl groups excluding tert-OH is 1. The lowest BCUT2D eigenvalue weighted by Gasteiger charge is -2.19. The highest BCUT2D eigenvalue weighted by Gasteiger charge is 2.10. The van der Waals surface area contributed by atoms with Gasteiger partial charge in [0, 0.05) is 29.4 Å². The third-order valence-corrected chi connectivity index (χ3v) is 4.03. The largest absolute Gasteiger partial charge is 0.395 e. The molecule has 0 amide bonds. The van der Waals surface area contributed by atoms with E-state index in [9.17, 15) is 0 Å². The molecule has 0 unspecified atom stereocenters. The second kappa shape index (κ2) is 6.14. The number of hydrogen-bond donors (Lipinski definition) is 1. The van der Waals surface area contributed by atoms with Crippen LogP contribution in [0.3, 0.4) is 0 Å². The molecular weight excluding hydrogens is 252 g/mol. The molecule has 0 aliphatic carbocycles. The number of anilines is 1. The number of thiazole rings is 1. The quantitative estimate of drug-likeness (QED) is 0.874. The van der Waals surface area contributed by atoms with Gasteiger partial charge in [-0.25, -0.2) is 4.98 Å². The van der Waals surface area contributed by atoms with Crippen LogP contribution in [0.1, 0.15) is 13.3 Å². The van der Waals surface area contributed by atoms with Gasteiger partial charge in [0.25, 0.3) is 0 Å². The average molecular weight is 268 g/mol. The van der Waals surface area contributed by atoms with Gasteiger partial charge in [-0.2, -0.15) is 11.3 Å². The first-order valence-electron chi connectivity index (χ1n) is 5.69. The van der Waals surface area contributed by atoms with Crippen molar-refractivity contribution in [2.24, 2.45) is 0 Å². The highest BCUT2D eigenvalue weighted by atomic mass is 32.1. The summed E-state index contributed by atoms with van der Waals surface area (Å²) in [5.74, 6) is 0. The van der Waals surface area contributed by atoms with Crippen molar-refractivity contribution in [3.63, 3.8) is 0 Å². The zero-order valence-electron chi connectivity index (χ0n) is 9.80. The number of aromatic nitrogens is 1. The average Bonchev–Trinajstić information content (AvgIpc) is 2.99. The fraction of sp³-hybridized carbons (Fsp3) is 0.417. The number of nitrogens with zero attached hydrogens (tertiary/aromatic N) is 2. The molecule has 2 aromatic rings. The topological polar surface area (TPSA) is 36.4 Å².